The molecule has 9 heteroatoms. The number of rotatable bonds is 6. The van der Waals surface area contributed by atoms with Crippen molar-refractivity contribution >= 4 is 35.0 Å². The van der Waals surface area contributed by atoms with Gasteiger partial charge in [0.05, 0.1) is 41.7 Å². The number of nitrogens with zero attached hydrogens (tertiary/aromatic N) is 2. The van der Waals surface area contributed by atoms with Gasteiger partial charge in [-0.3, -0.25) is 9.36 Å². The molecule has 1 aliphatic rings. The van der Waals surface area contributed by atoms with E-state index in [0.29, 0.717) is 42.7 Å². The van der Waals surface area contributed by atoms with Gasteiger partial charge in [0.2, 0.25) is 0 Å². The van der Waals surface area contributed by atoms with Crippen LogP contribution in [0.25, 0.3) is 6.08 Å². The summed E-state index contributed by atoms with van der Waals surface area (Å²) in [5, 5.41) is 0.441. The van der Waals surface area contributed by atoms with E-state index in [-0.39, 0.29) is 12.2 Å². The predicted molar refractivity (Wildman–Crippen MR) is 131 cm³/mol. The van der Waals surface area contributed by atoms with E-state index < -0.39 is 12.0 Å². The fourth-order valence-corrected chi connectivity index (χ4v) is 5.21. The van der Waals surface area contributed by atoms with Crippen LogP contribution in [0.4, 0.5) is 0 Å². The molecule has 0 bridgehead atoms. The van der Waals surface area contributed by atoms with Gasteiger partial charge in [-0.25, -0.2) is 9.79 Å². The number of benzene rings is 2. The quantitative estimate of drug-likeness (QED) is 0.486. The summed E-state index contributed by atoms with van der Waals surface area (Å²) in [6.45, 7) is 3.69. The molecule has 0 unspecified atom stereocenters. The number of carbonyl (C=O) groups excluding carboxylic acids is 1. The minimum absolute atomic E-state index is 0.205. The Morgan fingerprint density at radius 1 is 1.18 bits per heavy atom. The molecule has 0 saturated heterocycles. The van der Waals surface area contributed by atoms with Gasteiger partial charge in [-0.05, 0) is 43.7 Å². The average molecular weight is 499 g/mol. The number of halogens is 1. The molecule has 0 spiro atoms. The van der Waals surface area contributed by atoms with Crippen molar-refractivity contribution in [1.29, 1.82) is 0 Å². The lowest BCUT2D eigenvalue weighted by Crippen LogP contribution is -2.40. The van der Waals surface area contributed by atoms with Crippen LogP contribution in [0.5, 0.6) is 11.5 Å². The Kier molecular flexibility index (Phi) is 6.90. The number of ether oxygens (including phenoxy) is 3. The van der Waals surface area contributed by atoms with Crippen LogP contribution in [0.15, 0.2) is 63.5 Å². The number of methoxy groups -OCH3 is 2. The second kappa shape index (κ2) is 9.87. The Hall–Kier alpha value is -3.36. The van der Waals surface area contributed by atoms with Crippen molar-refractivity contribution in [3.63, 3.8) is 0 Å². The molecule has 1 atom stereocenters. The molecule has 7 nitrogen and oxygen atoms in total. The summed E-state index contributed by atoms with van der Waals surface area (Å²) in [5.74, 6) is 0.586. The van der Waals surface area contributed by atoms with E-state index in [2.05, 4.69) is 4.99 Å². The molecule has 2 heterocycles. The topological polar surface area (TPSA) is 79.1 Å². The zero-order valence-corrected chi connectivity index (χ0v) is 20.7. The Morgan fingerprint density at radius 3 is 2.59 bits per heavy atom. The van der Waals surface area contributed by atoms with Gasteiger partial charge in [0.1, 0.15) is 17.5 Å². The number of esters is 1. The van der Waals surface area contributed by atoms with Gasteiger partial charge in [-0.1, -0.05) is 47.2 Å². The van der Waals surface area contributed by atoms with Crippen molar-refractivity contribution in [3.8, 4) is 11.5 Å². The first-order chi connectivity index (χ1) is 16.4. The number of thiazole rings is 1. The molecule has 3 aromatic rings. The number of hydrogen-bond donors (Lipinski definition) is 0. The number of para-hydroxylation sites is 1. The van der Waals surface area contributed by atoms with Crippen molar-refractivity contribution in [1.82, 2.24) is 4.57 Å². The van der Waals surface area contributed by atoms with E-state index in [4.69, 9.17) is 25.8 Å². The van der Waals surface area contributed by atoms with E-state index in [1.165, 1.54) is 15.9 Å². The molecular formula is C25H23ClN2O5S. The highest BCUT2D eigenvalue weighted by Gasteiger charge is 2.34. The lowest BCUT2D eigenvalue weighted by atomic mass is 9.95. The van der Waals surface area contributed by atoms with Crippen LogP contribution in [0, 0.1) is 0 Å². The Labute approximate surface area is 205 Å². The van der Waals surface area contributed by atoms with Crippen molar-refractivity contribution in [2.75, 3.05) is 20.8 Å². The number of hydrogen-bond acceptors (Lipinski definition) is 7. The van der Waals surface area contributed by atoms with Crippen LogP contribution in [0.2, 0.25) is 5.02 Å². The molecule has 0 aliphatic carbocycles. The summed E-state index contributed by atoms with van der Waals surface area (Å²) < 4.78 is 18.1. The molecule has 176 valence electrons. The normalized spacial score (nSPS) is 15.6. The van der Waals surface area contributed by atoms with Crippen molar-refractivity contribution < 1.29 is 19.0 Å². The van der Waals surface area contributed by atoms with Crippen LogP contribution in [-0.4, -0.2) is 31.4 Å². The number of allylic oxidation sites excluding steroid dienone is 1. The summed E-state index contributed by atoms with van der Waals surface area (Å²) >= 11 is 7.50. The highest BCUT2D eigenvalue weighted by Crippen LogP contribution is 2.35. The van der Waals surface area contributed by atoms with Gasteiger partial charge in [0.25, 0.3) is 5.56 Å². The third-order valence-corrected chi connectivity index (χ3v) is 6.70. The standard InChI is InChI=1S/C25H23ClN2O5S/c1-5-33-24(30)21-14(2)27-25-28(22(21)16-8-6-7-9-18(16)31-3)23(29)20(34-25)13-15-10-11-19(32-4)17(26)12-15/h6-13,22H,5H2,1-4H3/b20-13+/t22-/m0/s1. The maximum atomic E-state index is 13.7. The van der Waals surface area contributed by atoms with E-state index in [0.717, 1.165) is 5.56 Å². The Morgan fingerprint density at radius 2 is 1.91 bits per heavy atom. The van der Waals surface area contributed by atoms with Gasteiger partial charge >= 0.3 is 5.97 Å². The predicted octanol–water partition coefficient (Wildman–Crippen LogP) is 3.47. The third-order valence-electron chi connectivity index (χ3n) is 5.42. The lowest BCUT2D eigenvalue weighted by molar-refractivity contribution is -0.139. The van der Waals surface area contributed by atoms with Gasteiger partial charge < -0.3 is 14.2 Å². The minimum Gasteiger partial charge on any atom is -0.496 e. The molecule has 1 aliphatic heterocycles. The van der Waals surface area contributed by atoms with Crippen molar-refractivity contribution in [2.24, 2.45) is 4.99 Å². The fourth-order valence-electron chi connectivity index (χ4n) is 3.90. The highest BCUT2D eigenvalue weighted by molar-refractivity contribution is 7.07. The molecular weight excluding hydrogens is 476 g/mol. The van der Waals surface area contributed by atoms with Crippen LogP contribution in [0.1, 0.15) is 31.0 Å². The van der Waals surface area contributed by atoms with Crippen molar-refractivity contribution in [3.05, 3.63) is 89.6 Å². The SMILES string of the molecule is CCOC(=O)C1=C(C)N=c2s/c(=C/c3ccc(OC)c(Cl)c3)c(=O)n2[C@H]1c1ccccc1OC. The first-order valence-corrected chi connectivity index (χ1v) is 11.7. The van der Waals surface area contributed by atoms with E-state index in [1.54, 1.807) is 52.3 Å². The summed E-state index contributed by atoms with van der Waals surface area (Å²) in [7, 11) is 3.09. The zero-order chi connectivity index (χ0) is 24.4. The third kappa shape index (κ3) is 4.26. The molecule has 4 rings (SSSR count). The van der Waals surface area contributed by atoms with Crippen LogP contribution in [0.3, 0.4) is 0 Å². The first kappa shape index (κ1) is 23.8. The van der Waals surface area contributed by atoms with Gasteiger partial charge in [0.15, 0.2) is 4.80 Å². The molecule has 0 N–H and O–H groups in total. The number of aromatic nitrogens is 1. The summed E-state index contributed by atoms with van der Waals surface area (Å²) in [6.07, 6.45) is 1.75. The maximum Gasteiger partial charge on any atom is 0.338 e. The second-order valence-electron chi connectivity index (χ2n) is 7.44. The lowest BCUT2D eigenvalue weighted by Gasteiger charge is -2.25. The van der Waals surface area contributed by atoms with Crippen LogP contribution in [-0.2, 0) is 9.53 Å². The van der Waals surface area contributed by atoms with Crippen molar-refractivity contribution in [2.45, 2.75) is 19.9 Å². The molecule has 34 heavy (non-hydrogen) atoms. The maximum absolute atomic E-state index is 13.7. The molecule has 0 radical (unpaired) electrons. The molecule has 0 fully saturated rings. The molecule has 0 saturated carbocycles. The number of carbonyl (C=O) groups is 1. The first-order valence-electron chi connectivity index (χ1n) is 10.6. The zero-order valence-electron chi connectivity index (χ0n) is 19.1. The Balaban J connectivity index is 1.96. The summed E-state index contributed by atoms with van der Waals surface area (Å²) in [5.41, 5.74) is 1.93. The smallest absolute Gasteiger partial charge is 0.338 e. The van der Waals surface area contributed by atoms with Gasteiger partial charge in [-0.15, -0.1) is 0 Å². The monoisotopic (exact) mass is 498 g/mol. The van der Waals surface area contributed by atoms with Gasteiger partial charge in [0, 0.05) is 5.56 Å². The fraction of sp³-hybridized carbons (Fsp3) is 0.240. The van der Waals surface area contributed by atoms with Gasteiger partial charge in [-0.2, -0.15) is 0 Å². The minimum atomic E-state index is -0.743. The number of fused-ring (bicyclic) bond motifs is 1. The average Bonchev–Trinajstić information content (AvgIpc) is 3.12. The van der Waals surface area contributed by atoms with E-state index >= 15 is 0 Å². The largest absolute Gasteiger partial charge is 0.496 e. The van der Waals surface area contributed by atoms with E-state index in [1.807, 2.05) is 24.3 Å². The highest BCUT2D eigenvalue weighted by atomic mass is 35.5. The molecule has 2 aromatic carbocycles. The Bertz CT molecular complexity index is 1470. The van der Waals surface area contributed by atoms with Crippen LogP contribution >= 0.6 is 22.9 Å². The molecule has 1 aromatic heterocycles. The summed E-state index contributed by atoms with van der Waals surface area (Å²) in [4.78, 5) is 31.7. The van der Waals surface area contributed by atoms with Crippen LogP contribution < -0.4 is 24.4 Å². The molecule has 0 amide bonds. The second-order valence-corrected chi connectivity index (χ2v) is 8.85. The van der Waals surface area contributed by atoms with E-state index in [9.17, 15) is 9.59 Å². The summed E-state index contributed by atoms with van der Waals surface area (Å²) in [6, 6.07) is 11.8.